The fourth-order valence-electron chi connectivity index (χ4n) is 2.59. The van der Waals surface area contributed by atoms with Crippen LogP contribution in [0.3, 0.4) is 0 Å². The van der Waals surface area contributed by atoms with Gasteiger partial charge in [-0.2, -0.15) is 0 Å². The molecule has 0 radical (unpaired) electrons. The minimum Gasteiger partial charge on any atom is -0.497 e. The van der Waals surface area contributed by atoms with Crippen molar-refractivity contribution in [2.45, 2.75) is 0 Å². The quantitative estimate of drug-likeness (QED) is 0.613. The molecule has 0 saturated heterocycles. The topological polar surface area (TPSA) is 51.8 Å². The van der Waals surface area contributed by atoms with Crippen LogP contribution in [0.5, 0.6) is 17.2 Å². The lowest BCUT2D eigenvalue weighted by molar-refractivity contribution is 0.355. The van der Waals surface area contributed by atoms with Gasteiger partial charge in [0.25, 0.3) is 0 Å². The van der Waals surface area contributed by atoms with Crippen molar-refractivity contribution in [3.63, 3.8) is 0 Å². The summed E-state index contributed by atoms with van der Waals surface area (Å²) in [6.07, 6.45) is 0. The maximum absolute atomic E-state index is 5.44. The van der Waals surface area contributed by atoms with Crippen LogP contribution in [0, 0.1) is 0 Å². The lowest BCUT2D eigenvalue weighted by Crippen LogP contribution is -2.00. The summed E-state index contributed by atoms with van der Waals surface area (Å²) in [5.41, 5.74) is 3.67. The number of benzene rings is 3. The Hall–Kier alpha value is -3.34. The lowest BCUT2D eigenvalue weighted by Gasteiger charge is -2.18. The average molecular weight is 350 g/mol. The van der Waals surface area contributed by atoms with Crippen molar-refractivity contribution in [1.29, 1.82) is 0 Å². The number of hydrogen-bond acceptors (Lipinski definition) is 5. The van der Waals surface area contributed by atoms with E-state index >= 15 is 0 Å². The minimum absolute atomic E-state index is 0.655. The first kappa shape index (κ1) is 17.5. The van der Waals surface area contributed by atoms with Gasteiger partial charge in [0.1, 0.15) is 5.75 Å². The van der Waals surface area contributed by atoms with Crippen molar-refractivity contribution in [3.05, 3.63) is 66.7 Å². The highest BCUT2D eigenvalue weighted by Crippen LogP contribution is 2.39. The Morgan fingerprint density at radius 3 is 1.54 bits per heavy atom. The van der Waals surface area contributed by atoms with Gasteiger partial charge < -0.3 is 24.8 Å². The number of anilines is 4. The molecule has 0 bridgehead atoms. The number of nitrogens with one attached hydrogen (secondary N) is 2. The first-order valence-electron chi connectivity index (χ1n) is 8.22. The zero-order valence-electron chi connectivity index (χ0n) is 15.1. The fraction of sp³-hybridized carbons (Fsp3) is 0.143. The molecule has 0 heterocycles. The number of ether oxygens (including phenoxy) is 3. The Kier molecular flexibility index (Phi) is 5.49. The van der Waals surface area contributed by atoms with Gasteiger partial charge in [0.05, 0.1) is 32.7 Å². The van der Waals surface area contributed by atoms with E-state index in [1.54, 1.807) is 21.3 Å². The van der Waals surface area contributed by atoms with Crippen LogP contribution in [0.2, 0.25) is 0 Å². The van der Waals surface area contributed by atoms with E-state index in [4.69, 9.17) is 14.2 Å². The van der Waals surface area contributed by atoms with Crippen LogP contribution in [0.15, 0.2) is 66.7 Å². The zero-order chi connectivity index (χ0) is 18.4. The predicted octanol–water partition coefficient (Wildman–Crippen LogP) is 5.20. The SMILES string of the molecule is COc1ccc(Nc2cc(OC)c(OC)cc2Nc2ccccc2)cc1. The predicted molar refractivity (Wildman–Crippen MR) is 106 cm³/mol. The molecule has 134 valence electrons. The highest BCUT2D eigenvalue weighted by molar-refractivity contribution is 5.81. The van der Waals surface area contributed by atoms with Crippen LogP contribution in [0.1, 0.15) is 0 Å². The van der Waals surface area contributed by atoms with Crippen LogP contribution in [-0.2, 0) is 0 Å². The van der Waals surface area contributed by atoms with E-state index in [0.29, 0.717) is 11.5 Å². The smallest absolute Gasteiger partial charge is 0.162 e. The molecule has 0 spiro atoms. The molecule has 0 atom stereocenters. The molecule has 0 unspecified atom stereocenters. The fourth-order valence-corrected chi connectivity index (χ4v) is 2.59. The van der Waals surface area contributed by atoms with E-state index in [2.05, 4.69) is 10.6 Å². The Balaban J connectivity index is 1.96. The molecule has 5 nitrogen and oxygen atoms in total. The van der Waals surface area contributed by atoms with Gasteiger partial charge in [0, 0.05) is 23.5 Å². The summed E-state index contributed by atoms with van der Waals surface area (Å²) >= 11 is 0. The average Bonchev–Trinajstić information content (AvgIpc) is 2.70. The van der Waals surface area contributed by atoms with Gasteiger partial charge in [-0.25, -0.2) is 0 Å². The van der Waals surface area contributed by atoms with Gasteiger partial charge in [-0.3, -0.25) is 0 Å². The highest BCUT2D eigenvalue weighted by atomic mass is 16.5. The molecule has 0 aliphatic rings. The van der Waals surface area contributed by atoms with Crippen molar-refractivity contribution >= 4 is 22.7 Å². The summed E-state index contributed by atoms with van der Waals surface area (Å²) in [6.45, 7) is 0. The standard InChI is InChI=1S/C21H22N2O3/c1-24-17-11-9-16(10-12-17)23-19-14-21(26-3)20(25-2)13-18(19)22-15-7-5-4-6-8-15/h4-14,22-23H,1-3H3. The molecule has 0 aromatic heterocycles. The summed E-state index contributed by atoms with van der Waals surface area (Å²) < 4.78 is 16.1. The van der Waals surface area contributed by atoms with Crippen molar-refractivity contribution in [3.8, 4) is 17.2 Å². The van der Waals surface area contributed by atoms with Crippen molar-refractivity contribution in [2.24, 2.45) is 0 Å². The molecular formula is C21H22N2O3. The first-order chi connectivity index (χ1) is 12.7. The van der Waals surface area contributed by atoms with Crippen LogP contribution in [-0.4, -0.2) is 21.3 Å². The summed E-state index contributed by atoms with van der Waals surface area (Å²) in [5.74, 6) is 2.12. The Labute approximate surface area is 153 Å². The summed E-state index contributed by atoms with van der Waals surface area (Å²) in [5, 5.41) is 6.84. The summed E-state index contributed by atoms with van der Waals surface area (Å²) in [4.78, 5) is 0. The van der Waals surface area contributed by atoms with Gasteiger partial charge in [-0.15, -0.1) is 0 Å². The normalized spacial score (nSPS) is 10.1. The molecule has 0 aliphatic heterocycles. The second kappa shape index (κ2) is 8.16. The first-order valence-corrected chi connectivity index (χ1v) is 8.22. The number of rotatable bonds is 7. The van der Waals surface area contributed by atoms with Crippen LogP contribution < -0.4 is 24.8 Å². The van der Waals surface area contributed by atoms with Crippen molar-refractivity contribution in [2.75, 3.05) is 32.0 Å². The molecule has 5 heteroatoms. The molecule has 3 aromatic rings. The van der Waals surface area contributed by atoms with E-state index in [9.17, 15) is 0 Å². The van der Waals surface area contributed by atoms with Gasteiger partial charge >= 0.3 is 0 Å². The van der Waals surface area contributed by atoms with E-state index < -0.39 is 0 Å². The van der Waals surface area contributed by atoms with Gasteiger partial charge in [0.15, 0.2) is 11.5 Å². The van der Waals surface area contributed by atoms with E-state index in [1.807, 2.05) is 66.7 Å². The molecular weight excluding hydrogens is 328 g/mol. The number of hydrogen-bond donors (Lipinski definition) is 2. The molecule has 26 heavy (non-hydrogen) atoms. The van der Waals surface area contributed by atoms with Crippen molar-refractivity contribution < 1.29 is 14.2 Å². The van der Waals surface area contributed by atoms with Crippen LogP contribution >= 0.6 is 0 Å². The third-order valence-corrected chi connectivity index (χ3v) is 3.95. The molecule has 3 rings (SSSR count). The monoisotopic (exact) mass is 350 g/mol. The third-order valence-electron chi connectivity index (χ3n) is 3.95. The largest absolute Gasteiger partial charge is 0.497 e. The molecule has 0 saturated carbocycles. The molecule has 0 aliphatic carbocycles. The molecule has 2 N–H and O–H groups in total. The lowest BCUT2D eigenvalue weighted by atomic mass is 10.2. The Morgan fingerprint density at radius 1 is 0.577 bits per heavy atom. The van der Waals surface area contributed by atoms with Gasteiger partial charge in [-0.1, -0.05) is 18.2 Å². The third kappa shape index (κ3) is 4.00. The van der Waals surface area contributed by atoms with E-state index in [-0.39, 0.29) is 0 Å². The van der Waals surface area contributed by atoms with E-state index in [0.717, 1.165) is 28.5 Å². The molecule has 0 amide bonds. The Bertz CT molecular complexity index is 849. The highest BCUT2D eigenvalue weighted by Gasteiger charge is 2.12. The summed E-state index contributed by atoms with van der Waals surface area (Å²) in [7, 11) is 4.90. The van der Waals surface area contributed by atoms with Gasteiger partial charge in [-0.05, 0) is 36.4 Å². The second-order valence-electron chi connectivity index (χ2n) is 5.60. The van der Waals surface area contributed by atoms with Gasteiger partial charge in [0.2, 0.25) is 0 Å². The maximum atomic E-state index is 5.44. The van der Waals surface area contributed by atoms with Crippen LogP contribution in [0.4, 0.5) is 22.7 Å². The van der Waals surface area contributed by atoms with E-state index in [1.165, 1.54) is 0 Å². The minimum atomic E-state index is 0.655. The molecule has 3 aromatic carbocycles. The number of methoxy groups -OCH3 is 3. The molecule has 0 fully saturated rings. The zero-order valence-corrected chi connectivity index (χ0v) is 15.1. The van der Waals surface area contributed by atoms with Crippen molar-refractivity contribution in [1.82, 2.24) is 0 Å². The number of para-hydroxylation sites is 1. The summed E-state index contributed by atoms with van der Waals surface area (Å²) in [6, 6.07) is 21.5. The second-order valence-corrected chi connectivity index (χ2v) is 5.60. The van der Waals surface area contributed by atoms with Crippen LogP contribution in [0.25, 0.3) is 0 Å². The maximum Gasteiger partial charge on any atom is 0.162 e. The Morgan fingerprint density at radius 2 is 1.08 bits per heavy atom.